The van der Waals surface area contributed by atoms with E-state index in [0.717, 1.165) is 63.5 Å². The van der Waals surface area contributed by atoms with Crippen molar-refractivity contribution in [1.82, 2.24) is 19.7 Å². The van der Waals surface area contributed by atoms with E-state index in [1.807, 2.05) is 0 Å². The Hall–Kier alpha value is -1.49. The van der Waals surface area contributed by atoms with Crippen molar-refractivity contribution in [3.63, 3.8) is 0 Å². The first-order chi connectivity index (χ1) is 11.5. The average molecular weight is 332 g/mol. The van der Waals surface area contributed by atoms with Gasteiger partial charge in [-0.2, -0.15) is 5.26 Å². The number of nitriles is 1. The molecular formula is C17H28N6O. The SMILES string of the molecule is COCCn1c(CN2CCC(C)(C#N)CC2)nnc1C1CC(N)C1. The van der Waals surface area contributed by atoms with Crippen molar-refractivity contribution in [1.29, 1.82) is 5.26 Å². The minimum absolute atomic E-state index is 0.173. The van der Waals surface area contributed by atoms with Gasteiger partial charge in [-0.05, 0) is 32.6 Å². The van der Waals surface area contributed by atoms with Crippen LogP contribution in [0.5, 0.6) is 0 Å². The molecule has 1 aliphatic heterocycles. The summed E-state index contributed by atoms with van der Waals surface area (Å²) in [4.78, 5) is 2.38. The first-order valence-corrected chi connectivity index (χ1v) is 8.85. The van der Waals surface area contributed by atoms with Gasteiger partial charge in [-0.3, -0.25) is 4.90 Å². The van der Waals surface area contributed by atoms with Crippen LogP contribution in [0.3, 0.4) is 0 Å². The van der Waals surface area contributed by atoms with Gasteiger partial charge >= 0.3 is 0 Å². The van der Waals surface area contributed by atoms with Crippen LogP contribution >= 0.6 is 0 Å². The van der Waals surface area contributed by atoms with Crippen LogP contribution in [0.25, 0.3) is 0 Å². The second-order valence-electron chi connectivity index (χ2n) is 7.50. The normalized spacial score (nSPS) is 26.8. The summed E-state index contributed by atoms with van der Waals surface area (Å²) in [5.74, 6) is 2.49. The molecule has 0 atom stereocenters. The van der Waals surface area contributed by atoms with Gasteiger partial charge in [0.05, 0.1) is 24.6 Å². The Morgan fingerprint density at radius 3 is 2.62 bits per heavy atom. The van der Waals surface area contributed by atoms with Crippen LogP contribution in [0.2, 0.25) is 0 Å². The largest absolute Gasteiger partial charge is 0.383 e. The molecule has 7 heteroatoms. The van der Waals surface area contributed by atoms with E-state index in [0.29, 0.717) is 18.6 Å². The third kappa shape index (κ3) is 3.61. The van der Waals surface area contributed by atoms with E-state index < -0.39 is 0 Å². The molecule has 0 spiro atoms. The summed E-state index contributed by atoms with van der Waals surface area (Å²) in [6, 6.07) is 2.76. The van der Waals surface area contributed by atoms with Crippen LogP contribution < -0.4 is 5.73 Å². The van der Waals surface area contributed by atoms with Gasteiger partial charge in [0.2, 0.25) is 0 Å². The molecule has 24 heavy (non-hydrogen) atoms. The Labute approximate surface area is 143 Å². The molecular weight excluding hydrogens is 304 g/mol. The zero-order valence-corrected chi connectivity index (χ0v) is 14.7. The van der Waals surface area contributed by atoms with E-state index in [1.54, 1.807) is 7.11 Å². The summed E-state index contributed by atoms with van der Waals surface area (Å²) in [7, 11) is 1.72. The lowest BCUT2D eigenvalue weighted by atomic mass is 9.80. The Bertz CT molecular complexity index is 593. The topological polar surface area (TPSA) is 93.0 Å². The number of likely N-dealkylation sites (tertiary alicyclic amines) is 1. The molecule has 2 heterocycles. The molecule has 1 aromatic heterocycles. The molecule has 0 unspecified atom stereocenters. The summed E-state index contributed by atoms with van der Waals surface area (Å²) in [5.41, 5.74) is 5.76. The molecule has 0 aromatic carbocycles. The zero-order chi connectivity index (χ0) is 17.2. The Kier molecular flexibility index (Phi) is 5.18. The fourth-order valence-corrected chi connectivity index (χ4v) is 3.58. The summed E-state index contributed by atoms with van der Waals surface area (Å²) in [6.45, 7) is 6.16. The van der Waals surface area contributed by atoms with E-state index in [-0.39, 0.29) is 5.41 Å². The van der Waals surface area contributed by atoms with Gasteiger partial charge in [0.25, 0.3) is 0 Å². The molecule has 3 rings (SSSR count). The summed E-state index contributed by atoms with van der Waals surface area (Å²) in [5, 5.41) is 18.2. The van der Waals surface area contributed by atoms with E-state index in [9.17, 15) is 5.26 Å². The molecule has 0 bridgehead atoms. The van der Waals surface area contributed by atoms with Gasteiger partial charge in [-0.1, -0.05) is 0 Å². The molecule has 132 valence electrons. The fourth-order valence-electron chi connectivity index (χ4n) is 3.58. The molecule has 0 radical (unpaired) electrons. The van der Waals surface area contributed by atoms with E-state index in [4.69, 9.17) is 10.5 Å². The highest BCUT2D eigenvalue weighted by molar-refractivity contribution is 5.09. The molecule has 7 nitrogen and oxygen atoms in total. The number of methoxy groups -OCH3 is 1. The fraction of sp³-hybridized carbons (Fsp3) is 0.824. The predicted molar refractivity (Wildman–Crippen MR) is 90.1 cm³/mol. The highest BCUT2D eigenvalue weighted by Gasteiger charge is 2.33. The van der Waals surface area contributed by atoms with Crippen molar-refractivity contribution >= 4 is 0 Å². The van der Waals surface area contributed by atoms with Crippen LogP contribution in [0, 0.1) is 16.7 Å². The van der Waals surface area contributed by atoms with Crippen molar-refractivity contribution < 1.29 is 4.74 Å². The van der Waals surface area contributed by atoms with Gasteiger partial charge in [0.1, 0.15) is 11.6 Å². The van der Waals surface area contributed by atoms with Crippen molar-refractivity contribution in [3.05, 3.63) is 11.6 Å². The van der Waals surface area contributed by atoms with E-state index >= 15 is 0 Å². The molecule has 1 saturated carbocycles. The Morgan fingerprint density at radius 2 is 2.04 bits per heavy atom. The van der Waals surface area contributed by atoms with Crippen molar-refractivity contribution in [2.45, 2.75) is 57.7 Å². The van der Waals surface area contributed by atoms with Crippen LogP contribution in [0.15, 0.2) is 0 Å². The minimum Gasteiger partial charge on any atom is -0.383 e. The first-order valence-electron chi connectivity index (χ1n) is 8.85. The Balaban J connectivity index is 1.68. The quantitative estimate of drug-likeness (QED) is 0.843. The average Bonchev–Trinajstić information content (AvgIpc) is 2.94. The third-order valence-electron chi connectivity index (χ3n) is 5.51. The molecule has 2 fully saturated rings. The third-order valence-corrected chi connectivity index (χ3v) is 5.51. The van der Waals surface area contributed by atoms with Crippen molar-refractivity contribution in [3.8, 4) is 6.07 Å². The van der Waals surface area contributed by atoms with Gasteiger partial charge < -0.3 is 15.0 Å². The highest BCUT2D eigenvalue weighted by atomic mass is 16.5. The number of hydrogen-bond donors (Lipinski definition) is 1. The number of ether oxygens (including phenoxy) is 1. The van der Waals surface area contributed by atoms with Crippen LogP contribution in [0.4, 0.5) is 0 Å². The number of rotatable bonds is 6. The van der Waals surface area contributed by atoms with Crippen LogP contribution in [-0.2, 0) is 17.8 Å². The Morgan fingerprint density at radius 1 is 1.33 bits per heavy atom. The van der Waals surface area contributed by atoms with E-state index in [1.165, 1.54) is 0 Å². The second kappa shape index (κ2) is 7.18. The molecule has 1 aromatic rings. The summed E-state index contributed by atoms with van der Waals surface area (Å²) < 4.78 is 7.48. The molecule has 0 amide bonds. The lowest BCUT2D eigenvalue weighted by Crippen LogP contribution is -2.38. The summed E-state index contributed by atoms with van der Waals surface area (Å²) >= 11 is 0. The second-order valence-corrected chi connectivity index (χ2v) is 7.50. The maximum absolute atomic E-state index is 9.27. The standard InChI is InChI=1S/C17H28N6O/c1-17(12-18)3-5-22(6-4-17)11-15-20-21-16(13-9-14(19)10-13)23(15)7-8-24-2/h13-14H,3-11,19H2,1-2H3. The maximum atomic E-state index is 9.27. The molecule has 2 aliphatic rings. The number of hydrogen-bond acceptors (Lipinski definition) is 6. The van der Waals surface area contributed by atoms with E-state index in [2.05, 4.69) is 32.7 Å². The predicted octanol–water partition coefficient (Wildman–Crippen LogP) is 1.25. The van der Waals surface area contributed by atoms with Crippen molar-refractivity contribution in [2.24, 2.45) is 11.1 Å². The zero-order valence-electron chi connectivity index (χ0n) is 14.7. The maximum Gasteiger partial charge on any atom is 0.147 e. The van der Waals surface area contributed by atoms with Gasteiger partial charge in [0, 0.05) is 38.7 Å². The number of piperidine rings is 1. The number of nitrogens with two attached hydrogens (primary N) is 1. The molecule has 2 N–H and O–H groups in total. The first kappa shape index (κ1) is 17.3. The van der Waals surface area contributed by atoms with Gasteiger partial charge in [-0.15, -0.1) is 10.2 Å². The van der Waals surface area contributed by atoms with Gasteiger partial charge in [0.15, 0.2) is 0 Å². The smallest absolute Gasteiger partial charge is 0.147 e. The van der Waals surface area contributed by atoms with Gasteiger partial charge in [-0.25, -0.2) is 0 Å². The minimum atomic E-state index is -0.173. The van der Waals surface area contributed by atoms with Crippen LogP contribution in [-0.4, -0.2) is 52.5 Å². The number of aromatic nitrogens is 3. The molecule has 1 aliphatic carbocycles. The highest BCUT2D eigenvalue weighted by Crippen LogP contribution is 2.35. The van der Waals surface area contributed by atoms with Crippen molar-refractivity contribution in [2.75, 3.05) is 26.8 Å². The monoisotopic (exact) mass is 332 g/mol. The molecule has 1 saturated heterocycles. The lowest BCUT2D eigenvalue weighted by molar-refractivity contribution is 0.143. The lowest BCUT2D eigenvalue weighted by Gasteiger charge is -2.35. The van der Waals surface area contributed by atoms with Crippen LogP contribution in [0.1, 0.15) is 50.2 Å². The summed E-state index contributed by atoms with van der Waals surface area (Å²) in [6.07, 6.45) is 3.82. The number of nitrogens with zero attached hydrogens (tertiary/aromatic N) is 5.